The molecule has 9 heavy (non-hydrogen) atoms. The van der Waals surface area contributed by atoms with Crippen LogP contribution in [-0.4, -0.2) is 16.1 Å². The van der Waals surface area contributed by atoms with Gasteiger partial charge in [0, 0.05) is 0 Å². The van der Waals surface area contributed by atoms with E-state index in [0.29, 0.717) is 11.3 Å². The quantitative estimate of drug-likeness (QED) is 0.513. The Balaban J connectivity index is 2.40. The van der Waals surface area contributed by atoms with Crippen molar-refractivity contribution in [2.24, 2.45) is 11.3 Å². The van der Waals surface area contributed by atoms with E-state index in [1.165, 1.54) is 0 Å². The fourth-order valence-electron chi connectivity index (χ4n) is 1.03. The maximum atomic E-state index is 10.7. The molecule has 0 N–H and O–H groups in total. The molecule has 1 saturated heterocycles. The van der Waals surface area contributed by atoms with Gasteiger partial charge in [0.25, 0.3) is 0 Å². The third kappa shape index (κ3) is 1.24. The van der Waals surface area contributed by atoms with E-state index in [4.69, 9.17) is 0 Å². The van der Waals surface area contributed by atoms with E-state index in [2.05, 4.69) is 20.8 Å². The highest BCUT2D eigenvalue weighted by Gasteiger charge is 2.46. The molecule has 0 aliphatic carbocycles. The predicted molar refractivity (Wildman–Crippen MR) is 40.8 cm³/mol. The lowest BCUT2D eigenvalue weighted by Crippen LogP contribution is -2.49. The number of rotatable bonds is 1. The summed E-state index contributed by atoms with van der Waals surface area (Å²) in [4.78, 5) is 0. The summed E-state index contributed by atoms with van der Waals surface area (Å²) in [5.74, 6) is 2.53. The maximum absolute atomic E-state index is 10.7. The molecule has 1 nitrogen and oxygen atoms in total. The van der Waals surface area contributed by atoms with Gasteiger partial charge in [-0.15, -0.1) is 0 Å². The first kappa shape index (κ1) is 7.42. The van der Waals surface area contributed by atoms with E-state index in [9.17, 15) is 4.55 Å². The minimum Gasteiger partial charge on any atom is -0.616 e. The van der Waals surface area contributed by atoms with Gasteiger partial charge in [-0.3, -0.25) is 0 Å². The Morgan fingerprint density at radius 1 is 1.44 bits per heavy atom. The Morgan fingerprint density at radius 3 is 2.00 bits per heavy atom. The molecule has 0 radical (unpaired) electrons. The van der Waals surface area contributed by atoms with Crippen LogP contribution in [0.25, 0.3) is 0 Å². The Bertz CT molecular complexity index is 105. The fourth-order valence-corrected chi connectivity index (χ4v) is 3.08. The summed E-state index contributed by atoms with van der Waals surface area (Å²) in [6.07, 6.45) is 0. The molecule has 1 aliphatic rings. The molecule has 0 amide bonds. The molecule has 1 fully saturated rings. The maximum Gasteiger partial charge on any atom is 0.115 e. The van der Waals surface area contributed by atoms with Crippen LogP contribution in [0.3, 0.4) is 0 Å². The van der Waals surface area contributed by atoms with Gasteiger partial charge in [-0.05, 0) is 5.92 Å². The Hall–Kier alpha value is 0.310. The average Bonchev–Trinajstić information content (AvgIpc) is 1.62. The zero-order chi connectivity index (χ0) is 7.07. The molecule has 1 heterocycles. The highest BCUT2D eigenvalue weighted by molar-refractivity contribution is 7.92. The van der Waals surface area contributed by atoms with E-state index >= 15 is 0 Å². The van der Waals surface area contributed by atoms with Crippen LogP contribution in [0.15, 0.2) is 0 Å². The SMILES string of the molecule is CC(C)[C@]1(C)C[S@+]([O-])C1. The van der Waals surface area contributed by atoms with Crippen LogP contribution in [0.5, 0.6) is 0 Å². The first-order chi connectivity index (χ1) is 4.04. The lowest BCUT2D eigenvalue weighted by molar-refractivity contribution is 0.260. The summed E-state index contributed by atoms with van der Waals surface area (Å²) in [5.41, 5.74) is 0.394. The number of hydrogen-bond acceptors (Lipinski definition) is 1. The van der Waals surface area contributed by atoms with Crippen molar-refractivity contribution in [2.75, 3.05) is 11.5 Å². The zero-order valence-corrected chi connectivity index (χ0v) is 7.12. The largest absolute Gasteiger partial charge is 0.616 e. The van der Waals surface area contributed by atoms with Crippen LogP contribution in [0.4, 0.5) is 0 Å². The van der Waals surface area contributed by atoms with Gasteiger partial charge in [0.1, 0.15) is 11.5 Å². The van der Waals surface area contributed by atoms with Crippen molar-refractivity contribution in [3.05, 3.63) is 0 Å². The van der Waals surface area contributed by atoms with E-state index in [-0.39, 0.29) is 0 Å². The summed E-state index contributed by atoms with van der Waals surface area (Å²) in [7, 11) is 0. The zero-order valence-electron chi connectivity index (χ0n) is 6.31. The molecule has 1 rings (SSSR count). The average molecular weight is 146 g/mol. The van der Waals surface area contributed by atoms with Gasteiger partial charge >= 0.3 is 0 Å². The van der Waals surface area contributed by atoms with Gasteiger partial charge in [0.15, 0.2) is 0 Å². The number of hydrogen-bond donors (Lipinski definition) is 0. The molecule has 0 spiro atoms. The molecule has 1 aliphatic heterocycles. The fraction of sp³-hybridized carbons (Fsp3) is 1.00. The molecule has 0 saturated carbocycles. The second-order valence-corrected chi connectivity index (χ2v) is 4.99. The van der Waals surface area contributed by atoms with Crippen molar-refractivity contribution < 1.29 is 4.55 Å². The Morgan fingerprint density at radius 2 is 1.89 bits per heavy atom. The second kappa shape index (κ2) is 2.17. The summed E-state index contributed by atoms with van der Waals surface area (Å²) in [6.45, 7) is 6.63. The van der Waals surface area contributed by atoms with Gasteiger partial charge in [-0.2, -0.15) is 0 Å². The van der Waals surface area contributed by atoms with E-state index in [0.717, 1.165) is 11.5 Å². The summed E-state index contributed by atoms with van der Waals surface area (Å²) >= 11 is -0.482. The van der Waals surface area contributed by atoms with Crippen LogP contribution >= 0.6 is 0 Å². The van der Waals surface area contributed by atoms with Crippen LogP contribution in [0.2, 0.25) is 0 Å². The van der Waals surface area contributed by atoms with Crippen LogP contribution < -0.4 is 0 Å². The van der Waals surface area contributed by atoms with Crippen molar-refractivity contribution in [2.45, 2.75) is 20.8 Å². The lowest BCUT2D eigenvalue weighted by Gasteiger charge is -2.42. The second-order valence-electron chi connectivity index (χ2n) is 3.54. The van der Waals surface area contributed by atoms with Gasteiger partial charge in [0.05, 0.1) is 5.41 Å². The van der Waals surface area contributed by atoms with Crippen LogP contribution in [0, 0.1) is 11.3 Å². The third-order valence-corrected chi connectivity index (χ3v) is 4.34. The van der Waals surface area contributed by atoms with Gasteiger partial charge < -0.3 is 4.55 Å². The molecular weight excluding hydrogens is 132 g/mol. The molecule has 0 aromatic heterocycles. The first-order valence-corrected chi connectivity index (χ1v) is 4.88. The Kier molecular flexibility index (Phi) is 1.79. The lowest BCUT2D eigenvalue weighted by atomic mass is 9.82. The van der Waals surface area contributed by atoms with Crippen molar-refractivity contribution >= 4 is 11.2 Å². The third-order valence-electron chi connectivity index (χ3n) is 2.38. The standard InChI is InChI=1S/C7H14OS/c1-6(2)7(3)4-9(8)5-7/h6H,4-5H2,1-3H3/t7-,9+. The Labute approximate surface area is 60.0 Å². The molecule has 2 heteroatoms. The minimum absolute atomic E-state index is 0.394. The van der Waals surface area contributed by atoms with Gasteiger partial charge in [-0.25, -0.2) is 0 Å². The summed E-state index contributed by atoms with van der Waals surface area (Å²) < 4.78 is 10.7. The normalized spacial score (nSPS) is 43.0. The molecule has 0 atom stereocenters. The van der Waals surface area contributed by atoms with Crippen LogP contribution in [0.1, 0.15) is 20.8 Å². The molecule has 54 valence electrons. The highest BCUT2D eigenvalue weighted by atomic mass is 32.2. The van der Waals surface area contributed by atoms with Crippen LogP contribution in [-0.2, 0) is 11.2 Å². The van der Waals surface area contributed by atoms with Crippen molar-refractivity contribution in [1.82, 2.24) is 0 Å². The summed E-state index contributed by atoms with van der Waals surface area (Å²) in [6, 6.07) is 0. The highest BCUT2D eigenvalue weighted by Crippen LogP contribution is 2.38. The van der Waals surface area contributed by atoms with Gasteiger partial charge in [-0.1, -0.05) is 31.9 Å². The predicted octanol–water partition coefficient (Wildman–Crippen LogP) is 1.41. The van der Waals surface area contributed by atoms with Gasteiger partial charge in [0.2, 0.25) is 0 Å². The topological polar surface area (TPSA) is 23.1 Å². The smallest absolute Gasteiger partial charge is 0.115 e. The molecule has 0 aromatic carbocycles. The minimum atomic E-state index is -0.482. The van der Waals surface area contributed by atoms with E-state index in [1.54, 1.807) is 0 Å². The summed E-state index contributed by atoms with van der Waals surface area (Å²) in [5, 5.41) is 0. The van der Waals surface area contributed by atoms with Crippen molar-refractivity contribution in [1.29, 1.82) is 0 Å². The molecule has 0 aromatic rings. The van der Waals surface area contributed by atoms with E-state index in [1.807, 2.05) is 0 Å². The van der Waals surface area contributed by atoms with E-state index < -0.39 is 11.2 Å². The molecule has 0 unspecified atom stereocenters. The monoisotopic (exact) mass is 146 g/mol. The molecular formula is C7H14OS. The van der Waals surface area contributed by atoms with Crippen molar-refractivity contribution in [3.8, 4) is 0 Å². The first-order valence-electron chi connectivity index (χ1n) is 3.39. The molecule has 0 bridgehead atoms. The van der Waals surface area contributed by atoms with Crippen molar-refractivity contribution in [3.63, 3.8) is 0 Å².